The van der Waals surface area contributed by atoms with E-state index in [1.807, 2.05) is 46.7 Å². The molecule has 2 heterocycles. The van der Waals surface area contributed by atoms with Crippen molar-refractivity contribution in [2.75, 3.05) is 34.4 Å². The number of Topliss-reactive ketones (excluding diaryl/α,β-unsaturated/α-hetero) is 1. The Morgan fingerprint density at radius 2 is 1.63 bits per heavy atom. The molecule has 0 aromatic heterocycles. The monoisotopic (exact) mass is 991 g/mol. The fraction of sp³-hybridized carbons (Fsp3) is 0.830. The zero-order valence-electron chi connectivity index (χ0n) is 44.0. The summed E-state index contributed by atoms with van der Waals surface area (Å²) < 4.78 is 48.5. The number of methoxy groups -OCH3 is 1. The third-order valence-corrected chi connectivity index (χ3v) is 18.2. The van der Waals surface area contributed by atoms with Gasteiger partial charge in [-0.2, -0.15) is 0 Å². The number of aliphatic hydroxyl groups excluding tert-OH is 3. The third kappa shape index (κ3) is 9.84. The molecule has 396 valence electrons. The summed E-state index contributed by atoms with van der Waals surface area (Å²) in [5.74, 6) is -7.51. The Bertz CT molecular complexity index is 2050. The van der Waals surface area contributed by atoms with Gasteiger partial charge in [0.15, 0.2) is 30.1 Å². The number of oxime groups is 1. The summed E-state index contributed by atoms with van der Waals surface area (Å²) in [6, 6.07) is -0.329. The first-order valence-electron chi connectivity index (χ1n) is 25.6. The highest BCUT2D eigenvalue weighted by atomic mass is 19.1. The molecule has 0 bridgehead atoms. The van der Waals surface area contributed by atoms with Crippen LogP contribution in [0.3, 0.4) is 0 Å². The molecule has 2 saturated heterocycles. The van der Waals surface area contributed by atoms with Gasteiger partial charge >= 0.3 is 11.9 Å². The van der Waals surface area contributed by atoms with Gasteiger partial charge in [0.1, 0.15) is 30.3 Å². The first kappa shape index (κ1) is 56.1. The minimum absolute atomic E-state index is 0.0474. The smallest absolute Gasteiger partial charge is 0.316 e. The number of cyclic esters (lactones) is 1. The van der Waals surface area contributed by atoms with E-state index in [0.717, 1.165) is 0 Å². The van der Waals surface area contributed by atoms with E-state index in [-0.39, 0.29) is 68.0 Å². The number of carbonyl (C=O) groups excluding carboxylic acids is 4. The summed E-state index contributed by atoms with van der Waals surface area (Å²) >= 11 is 0. The molecule has 0 aromatic carbocycles. The highest BCUT2D eigenvalue weighted by Gasteiger charge is 2.72. The number of aliphatic hydroxyl groups is 4. The maximum absolute atomic E-state index is 17.7. The van der Waals surface area contributed by atoms with Crippen molar-refractivity contribution in [1.82, 2.24) is 4.90 Å². The average Bonchev–Trinajstić information content (AvgIpc) is 3.56. The molecule has 3 saturated carbocycles. The van der Waals surface area contributed by atoms with Crippen molar-refractivity contribution in [3.05, 3.63) is 23.8 Å². The number of alkyl halides is 1. The Morgan fingerprint density at radius 3 is 2.26 bits per heavy atom. The summed E-state index contributed by atoms with van der Waals surface area (Å²) in [6.07, 6.45) is -1.04. The minimum Gasteiger partial charge on any atom is -0.462 e. The van der Waals surface area contributed by atoms with Gasteiger partial charge in [-0.15, -0.1) is 0 Å². The van der Waals surface area contributed by atoms with E-state index in [9.17, 15) is 39.6 Å². The number of hydrogen-bond acceptors (Lipinski definition) is 16. The van der Waals surface area contributed by atoms with E-state index in [1.54, 1.807) is 40.7 Å². The molecule has 0 spiro atoms. The molecule has 6 rings (SSSR count). The lowest BCUT2D eigenvalue weighted by Gasteiger charge is -2.61. The van der Waals surface area contributed by atoms with E-state index in [1.165, 1.54) is 33.1 Å². The summed E-state index contributed by atoms with van der Waals surface area (Å²) in [5, 5.41) is 51.8. The van der Waals surface area contributed by atoms with Gasteiger partial charge in [0.2, 0.25) is 0 Å². The molecule has 21 atom stereocenters. The van der Waals surface area contributed by atoms with Gasteiger partial charge in [-0.1, -0.05) is 58.3 Å². The van der Waals surface area contributed by atoms with Crippen LogP contribution in [-0.2, 0) is 47.7 Å². The number of likely N-dealkylation sites (N-methyl/N-ethyl adjacent to an activating group) is 1. The molecule has 3 unspecified atom stereocenters. The van der Waals surface area contributed by atoms with Crippen LogP contribution in [0.2, 0.25) is 0 Å². The van der Waals surface area contributed by atoms with Gasteiger partial charge in [0.25, 0.3) is 0 Å². The van der Waals surface area contributed by atoms with Crippen LogP contribution >= 0.6 is 0 Å². The number of fused-ring (bicyclic) bond motifs is 5. The number of nitrogens with zero attached hydrogens (tertiary/aromatic N) is 2. The number of rotatable bonds is 10. The average molecular weight is 991 g/mol. The molecule has 4 aliphatic carbocycles. The van der Waals surface area contributed by atoms with Crippen LogP contribution in [-0.4, -0.2) is 155 Å². The molecular weight excluding hydrogens is 908 g/mol. The number of carbonyl (C=O) groups is 4. The van der Waals surface area contributed by atoms with Crippen LogP contribution in [0.4, 0.5) is 4.39 Å². The van der Waals surface area contributed by atoms with Crippen LogP contribution in [0.15, 0.2) is 29.0 Å². The number of halogens is 1. The Labute approximate surface area is 414 Å². The van der Waals surface area contributed by atoms with Gasteiger partial charge in [-0.25, -0.2) is 4.39 Å². The minimum atomic E-state index is -2.02. The number of hydrogen-bond donors (Lipinski definition) is 4. The molecule has 4 N–H and O–H groups in total. The molecule has 16 nitrogen and oxygen atoms in total. The van der Waals surface area contributed by atoms with Crippen LogP contribution in [0, 0.1) is 58.2 Å². The summed E-state index contributed by atoms with van der Waals surface area (Å²) in [6.45, 7) is 18.5. The maximum atomic E-state index is 17.7. The number of esters is 2. The van der Waals surface area contributed by atoms with Crippen molar-refractivity contribution in [3.63, 3.8) is 0 Å². The van der Waals surface area contributed by atoms with Gasteiger partial charge in [-0.3, -0.25) is 19.2 Å². The van der Waals surface area contributed by atoms with Crippen molar-refractivity contribution < 1.29 is 72.5 Å². The Hall–Kier alpha value is -3.16. The predicted molar refractivity (Wildman–Crippen MR) is 257 cm³/mol. The second kappa shape index (κ2) is 21.0. The van der Waals surface area contributed by atoms with Crippen molar-refractivity contribution >= 4 is 29.2 Å². The number of ketones is 2. The Kier molecular flexibility index (Phi) is 16.8. The van der Waals surface area contributed by atoms with Crippen LogP contribution in [0.1, 0.15) is 121 Å². The zero-order valence-corrected chi connectivity index (χ0v) is 44.0. The third-order valence-electron chi connectivity index (χ3n) is 18.2. The van der Waals surface area contributed by atoms with E-state index in [4.69, 9.17) is 28.5 Å². The van der Waals surface area contributed by atoms with Crippen molar-refractivity contribution in [2.24, 2.45) is 63.3 Å². The lowest BCUT2D eigenvalue weighted by atomic mass is 9.45. The Balaban J connectivity index is 1.24. The standard InChI is InChI=1S/C53H83FN2O14/c1-15-39-52(11,64)44(61)30(5)41(28(3)25-51(10,65-14)45(31(6)42(59)32(7)46(62)69-39)70-48-43(60)37(56(12)13)23-29(4)68-48)55-67-21-20-66-47(63)40-27(2)22-36-35-17-16-33-24-34(57)18-19-50(33,9)53(35,54)38(58)26-49(36,40)8/h18-19,24,27-32,35-40,43-45,48,58,60-61,64H,15-17,20-23,25-26H2,1-14H3/b55-41-/t27-,28+,29+,30-,31-,32+,35?,36?,37-,38-,39-,40+,43+,44+,45+,48-,49-,50-,51+,52?,53-/m0/s1. The van der Waals surface area contributed by atoms with E-state index in [0.29, 0.717) is 31.3 Å². The molecule has 2 aliphatic heterocycles. The lowest BCUT2D eigenvalue weighted by molar-refractivity contribution is -0.295. The molecule has 70 heavy (non-hydrogen) atoms. The van der Waals surface area contributed by atoms with E-state index < -0.39 is 118 Å². The van der Waals surface area contributed by atoms with Crippen LogP contribution in [0.5, 0.6) is 0 Å². The molecule has 0 amide bonds. The predicted octanol–water partition coefficient (Wildman–Crippen LogP) is 5.30. The van der Waals surface area contributed by atoms with Gasteiger partial charge in [0.05, 0.1) is 41.6 Å². The summed E-state index contributed by atoms with van der Waals surface area (Å²) in [4.78, 5) is 62.3. The molecule has 17 heteroatoms. The SMILES string of the molecule is CC[C@@H]1OC(=O)[C@H](C)C(=O)[C@H](C)[C@@H](O[C@@H]2O[C@H](C)C[C@H](N(C)C)[C@H]2O)[C@](C)(OC)C[C@@H](C)/C(=N/OCCOC(=O)[C@H]2[C@@H](C)CC3C4CCC5=CC(=O)C=C[C@]5(C)[C@@]4(F)[C@@H](O)C[C@@]32C)[C@H](C)[C@@H](O)C1(C)O. The van der Waals surface area contributed by atoms with Gasteiger partial charge in [-0.05, 0) is 123 Å². The second-order valence-corrected chi connectivity index (χ2v) is 23.0. The largest absolute Gasteiger partial charge is 0.462 e. The first-order valence-corrected chi connectivity index (χ1v) is 25.6. The highest BCUT2D eigenvalue weighted by molar-refractivity contribution is 6.01. The molecule has 5 fully saturated rings. The summed E-state index contributed by atoms with van der Waals surface area (Å²) in [5.41, 5.74) is -6.31. The quantitative estimate of drug-likeness (QED) is 0.0945. The Morgan fingerprint density at radius 1 is 0.957 bits per heavy atom. The van der Waals surface area contributed by atoms with Gasteiger partial charge in [0, 0.05) is 42.2 Å². The fourth-order valence-electron chi connectivity index (χ4n) is 14.1. The molecular formula is C53H83FN2O14. The normalized spacial score (nSPS) is 47.7. The van der Waals surface area contributed by atoms with Crippen molar-refractivity contribution in [3.8, 4) is 0 Å². The second-order valence-electron chi connectivity index (χ2n) is 23.0. The number of allylic oxidation sites excluding steroid dienone is 4. The first-order chi connectivity index (χ1) is 32.5. The number of ether oxygens (including phenoxy) is 5. The van der Waals surface area contributed by atoms with Crippen molar-refractivity contribution in [1.29, 1.82) is 0 Å². The fourth-order valence-corrected chi connectivity index (χ4v) is 14.1. The van der Waals surface area contributed by atoms with Crippen LogP contribution in [0.25, 0.3) is 0 Å². The topological polar surface area (TPSA) is 220 Å². The zero-order chi connectivity index (χ0) is 52.2. The molecule has 6 aliphatic rings. The van der Waals surface area contributed by atoms with E-state index >= 15 is 4.39 Å². The highest BCUT2D eigenvalue weighted by Crippen LogP contribution is 2.70. The maximum Gasteiger partial charge on any atom is 0.316 e. The lowest BCUT2D eigenvalue weighted by Crippen LogP contribution is -2.66. The van der Waals surface area contributed by atoms with E-state index in [2.05, 4.69) is 5.16 Å². The molecule has 0 radical (unpaired) electrons. The summed E-state index contributed by atoms with van der Waals surface area (Å²) in [7, 11) is 5.17. The van der Waals surface area contributed by atoms with Crippen LogP contribution < -0.4 is 0 Å². The molecule has 0 aromatic rings. The van der Waals surface area contributed by atoms with Crippen molar-refractivity contribution in [2.45, 2.75) is 187 Å². The van der Waals surface area contributed by atoms with Gasteiger partial charge < -0.3 is 53.8 Å².